The number of aromatic nitrogens is 4. The topological polar surface area (TPSA) is 112 Å². The lowest BCUT2D eigenvalue weighted by Gasteiger charge is -2.15. The Hall–Kier alpha value is -2.39. The number of nitrogens with one attached hydrogen (secondary N) is 1. The molecule has 1 atom stereocenters. The average molecular weight is 372 g/mol. The summed E-state index contributed by atoms with van der Waals surface area (Å²) in [6.07, 6.45) is 3.50. The lowest BCUT2D eigenvalue weighted by atomic mass is 10.1. The molecule has 2 aliphatic rings. The summed E-state index contributed by atoms with van der Waals surface area (Å²) in [6, 6.07) is 0.134. The number of hydrogen-bond donors (Lipinski definition) is 2. The first-order valence-electron chi connectivity index (χ1n) is 8.65. The first kappa shape index (κ1) is 15.8. The van der Waals surface area contributed by atoms with Crippen molar-refractivity contribution < 1.29 is 8.73 Å². The molecule has 0 aromatic carbocycles. The van der Waals surface area contributed by atoms with E-state index in [1.807, 2.05) is 0 Å². The van der Waals surface area contributed by atoms with E-state index in [0.717, 1.165) is 35.1 Å². The van der Waals surface area contributed by atoms with Gasteiger partial charge < -0.3 is 14.8 Å². The Morgan fingerprint density at radius 1 is 1.42 bits per heavy atom. The van der Waals surface area contributed by atoms with Gasteiger partial charge in [0.25, 0.3) is 0 Å². The minimum Gasteiger partial charge on any atom is -0.383 e. The summed E-state index contributed by atoms with van der Waals surface area (Å²) in [5.74, 6) is 5.29. The number of nitrogen functional groups attached to an aromatic ring is 1. The van der Waals surface area contributed by atoms with Gasteiger partial charge in [-0.05, 0) is 32.6 Å². The Morgan fingerprint density at radius 3 is 2.88 bits per heavy atom. The van der Waals surface area contributed by atoms with Crippen LogP contribution in [-0.4, -0.2) is 29.8 Å². The summed E-state index contributed by atoms with van der Waals surface area (Å²) in [6.45, 7) is 4.53. The van der Waals surface area contributed by atoms with Crippen molar-refractivity contribution in [2.45, 2.75) is 50.1 Å². The molecule has 4 heterocycles. The van der Waals surface area contributed by atoms with Gasteiger partial charge in [-0.2, -0.15) is 0 Å². The fraction of sp³-hybridized carbons (Fsp3) is 0.412. The number of nitrogens with two attached hydrogens (primary N) is 1. The van der Waals surface area contributed by atoms with Crippen LogP contribution in [0.5, 0.6) is 0 Å². The van der Waals surface area contributed by atoms with Gasteiger partial charge in [-0.1, -0.05) is 5.16 Å². The fourth-order valence-electron chi connectivity index (χ4n) is 3.82. The maximum absolute atomic E-state index is 13.3. The molecule has 0 amide bonds. The van der Waals surface area contributed by atoms with E-state index in [0.29, 0.717) is 28.7 Å². The van der Waals surface area contributed by atoms with Crippen LogP contribution in [0.2, 0.25) is 0 Å². The zero-order valence-corrected chi connectivity index (χ0v) is 15.5. The van der Waals surface area contributed by atoms with E-state index in [1.165, 1.54) is 6.33 Å². The van der Waals surface area contributed by atoms with Crippen LogP contribution in [0.4, 0.5) is 5.82 Å². The molecular weight excluding hydrogens is 352 g/mol. The molecule has 3 aromatic rings. The van der Waals surface area contributed by atoms with Gasteiger partial charge in [-0.3, -0.25) is 0 Å². The lowest BCUT2D eigenvalue weighted by Crippen LogP contribution is -2.24. The highest BCUT2D eigenvalue weighted by Gasteiger charge is 2.39. The number of nitrogens with zero attached hydrogens (tertiary/aromatic N) is 4. The van der Waals surface area contributed by atoms with Gasteiger partial charge in [0.1, 0.15) is 28.4 Å². The van der Waals surface area contributed by atoms with E-state index < -0.39 is 9.71 Å². The van der Waals surface area contributed by atoms with Gasteiger partial charge >= 0.3 is 0 Å². The van der Waals surface area contributed by atoms with Crippen LogP contribution in [0.25, 0.3) is 22.3 Å². The molecule has 1 aliphatic carbocycles. The Labute approximate surface area is 150 Å². The molecule has 0 radical (unpaired) electrons. The van der Waals surface area contributed by atoms with Crippen LogP contribution >= 0.6 is 0 Å². The van der Waals surface area contributed by atoms with Crippen LogP contribution in [0, 0.1) is 0 Å². The molecular formula is C17H20N6O2S. The highest BCUT2D eigenvalue weighted by atomic mass is 32.2. The first-order chi connectivity index (χ1) is 12.4. The Morgan fingerprint density at radius 2 is 2.19 bits per heavy atom. The Balaban J connectivity index is 1.95. The molecule has 26 heavy (non-hydrogen) atoms. The quantitative estimate of drug-likeness (QED) is 0.667. The van der Waals surface area contributed by atoms with Crippen LogP contribution in [-0.2, 0) is 16.3 Å². The summed E-state index contributed by atoms with van der Waals surface area (Å²) < 4.78 is 24.2. The number of rotatable bonds is 2. The standard InChI is InChI=1S/C17H20N6O2S/c1-8(2)23-10-6-21-26(3,24)15-13(22-25-14(15)9-4-5-9)11(10)12-16(18)19-7-20-17(12)23/h7-9H,3-6H2,1-2H3,(H,21,24)(H2,18,19,20). The summed E-state index contributed by atoms with van der Waals surface area (Å²) in [5, 5.41) is 5.05. The van der Waals surface area contributed by atoms with Crippen molar-refractivity contribution in [1.82, 2.24) is 24.4 Å². The Bertz CT molecular complexity index is 1150. The van der Waals surface area contributed by atoms with Crippen molar-refractivity contribution in [3.8, 4) is 11.3 Å². The van der Waals surface area contributed by atoms with E-state index in [2.05, 4.69) is 44.1 Å². The molecule has 0 spiro atoms. The molecule has 1 fully saturated rings. The molecule has 5 rings (SSSR count). The smallest absolute Gasteiger partial charge is 0.157 e. The summed E-state index contributed by atoms with van der Waals surface area (Å²) in [5.41, 5.74) is 9.25. The van der Waals surface area contributed by atoms with Crippen molar-refractivity contribution in [3.05, 3.63) is 17.8 Å². The summed E-state index contributed by atoms with van der Waals surface area (Å²) in [4.78, 5) is 9.20. The molecule has 136 valence electrons. The van der Waals surface area contributed by atoms with Crippen LogP contribution in [0.3, 0.4) is 0 Å². The van der Waals surface area contributed by atoms with Gasteiger partial charge in [0.15, 0.2) is 5.76 Å². The minimum atomic E-state index is -2.73. The van der Waals surface area contributed by atoms with Crippen molar-refractivity contribution in [3.63, 3.8) is 0 Å². The summed E-state index contributed by atoms with van der Waals surface area (Å²) in [7, 11) is -2.73. The highest BCUT2D eigenvalue weighted by Crippen LogP contribution is 2.48. The number of anilines is 1. The zero-order chi connectivity index (χ0) is 18.2. The first-order valence-corrected chi connectivity index (χ1v) is 10.4. The SMILES string of the molecule is C=S1(=O)NCc2c(c3c(N)ncnc3n2C(C)C)-c2noc(C3CC3)c21. The lowest BCUT2D eigenvalue weighted by molar-refractivity contribution is 0.382. The fourth-order valence-corrected chi connectivity index (χ4v) is 5.32. The monoisotopic (exact) mass is 372 g/mol. The van der Waals surface area contributed by atoms with Crippen LogP contribution < -0.4 is 10.5 Å². The second-order valence-electron chi connectivity index (χ2n) is 7.24. The predicted octanol–water partition coefficient (Wildman–Crippen LogP) is 2.22. The van der Waals surface area contributed by atoms with Gasteiger partial charge in [0.2, 0.25) is 0 Å². The summed E-state index contributed by atoms with van der Waals surface area (Å²) >= 11 is 0. The van der Waals surface area contributed by atoms with E-state index in [1.54, 1.807) is 0 Å². The molecule has 0 saturated heterocycles. The third kappa shape index (κ3) is 2.01. The minimum absolute atomic E-state index is 0.134. The van der Waals surface area contributed by atoms with E-state index >= 15 is 0 Å². The van der Waals surface area contributed by atoms with E-state index in [4.69, 9.17) is 10.3 Å². The predicted molar refractivity (Wildman–Crippen MR) is 100 cm³/mol. The third-order valence-electron chi connectivity index (χ3n) is 5.09. The van der Waals surface area contributed by atoms with Crippen LogP contribution in [0.1, 0.15) is 50.1 Å². The van der Waals surface area contributed by atoms with Crippen molar-refractivity contribution in [1.29, 1.82) is 0 Å². The molecule has 1 aliphatic heterocycles. The second kappa shape index (κ2) is 5.08. The number of hydrogen-bond acceptors (Lipinski definition) is 6. The van der Waals surface area contributed by atoms with Gasteiger partial charge in [-0.15, -0.1) is 0 Å². The molecule has 8 nitrogen and oxygen atoms in total. The highest BCUT2D eigenvalue weighted by molar-refractivity contribution is 7.98. The van der Waals surface area contributed by atoms with Crippen molar-refractivity contribution in [2.75, 3.05) is 5.73 Å². The molecule has 1 saturated carbocycles. The molecule has 0 bridgehead atoms. The van der Waals surface area contributed by atoms with Gasteiger partial charge in [0.05, 0.1) is 15.1 Å². The second-order valence-corrected chi connectivity index (χ2v) is 9.29. The molecule has 3 N–H and O–H groups in total. The van der Waals surface area contributed by atoms with E-state index in [9.17, 15) is 4.21 Å². The zero-order valence-electron chi connectivity index (χ0n) is 14.7. The maximum atomic E-state index is 13.3. The van der Waals surface area contributed by atoms with E-state index in [-0.39, 0.29) is 12.0 Å². The van der Waals surface area contributed by atoms with Gasteiger partial charge in [-0.25, -0.2) is 18.9 Å². The van der Waals surface area contributed by atoms with Gasteiger partial charge in [0, 0.05) is 29.8 Å². The van der Waals surface area contributed by atoms with Crippen molar-refractivity contribution >= 4 is 32.4 Å². The normalized spacial score (nSPS) is 22.4. The Kier molecular flexibility index (Phi) is 3.09. The number of fused-ring (bicyclic) bond motifs is 5. The van der Waals surface area contributed by atoms with Crippen molar-refractivity contribution in [2.24, 2.45) is 0 Å². The largest absolute Gasteiger partial charge is 0.383 e. The van der Waals surface area contributed by atoms with Crippen LogP contribution in [0.15, 0.2) is 15.7 Å². The average Bonchev–Trinajstić information content (AvgIpc) is 3.24. The molecule has 9 heteroatoms. The molecule has 3 aromatic heterocycles. The third-order valence-corrected chi connectivity index (χ3v) is 6.76. The molecule has 1 unspecified atom stereocenters. The maximum Gasteiger partial charge on any atom is 0.157 e.